The minimum atomic E-state index is 0. The van der Waals surface area contributed by atoms with Gasteiger partial charge in [-0.3, -0.25) is 0 Å². The average molecular weight is 331 g/mol. The summed E-state index contributed by atoms with van der Waals surface area (Å²) in [4.78, 5) is 0. The van der Waals surface area contributed by atoms with Gasteiger partial charge in [0.05, 0.1) is 0 Å². The molecule has 4 heteroatoms. The maximum atomic E-state index is 7.50. The van der Waals surface area contributed by atoms with E-state index in [1.165, 1.54) is 29.1 Å². The molecular weight excluding hydrogens is 314 g/mol. The van der Waals surface area contributed by atoms with Gasteiger partial charge in [0.15, 0.2) is 0 Å². The minimum Gasteiger partial charge on any atom is 0 e. The van der Waals surface area contributed by atoms with Crippen LogP contribution in [0, 0.1) is 25.9 Å². The third-order valence-corrected chi connectivity index (χ3v) is 2.95. The predicted octanol–water partition coefficient (Wildman–Crippen LogP) is 3.54. The first-order valence-electron chi connectivity index (χ1n) is 4.92. The molecule has 0 atom stereocenters. The zero-order valence-electron chi connectivity index (χ0n) is 11.3. The molecule has 1 rings (SSSR count). The Hall–Kier alpha value is -0.651. The maximum Gasteiger partial charge on any atom is 0 e. The summed E-state index contributed by atoms with van der Waals surface area (Å²) in [5.41, 5.74) is 6.03. The van der Waals surface area contributed by atoms with Gasteiger partial charge in [-0.05, 0) is 38.3 Å². The molecule has 1 aliphatic rings. The molecule has 0 fully saturated rings. The van der Waals surface area contributed by atoms with Crippen molar-refractivity contribution in [3.63, 3.8) is 0 Å². The molecule has 3 nitrogen and oxygen atoms in total. The van der Waals surface area contributed by atoms with Crippen LogP contribution < -0.4 is 0 Å². The first-order valence-corrected chi connectivity index (χ1v) is 4.92. The molecule has 0 saturated heterocycles. The second kappa shape index (κ2) is 16.3. The Morgan fingerprint density at radius 2 is 1.06 bits per heavy atom. The number of rotatable bonds is 1. The molecule has 0 bridgehead atoms. The first kappa shape index (κ1) is 26.0. The Kier molecular flexibility index (Phi) is 23.6. The fourth-order valence-corrected chi connectivity index (χ4v) is 1.83. The van der Waals surface area contributed by atoms with Gasteiger partial charge in [0.2, 0.25) is 0 Å². The van der Waals surface area contributed by atoms with Gasteiger partial charge in [0, 0.05) is 26.0 Å². The molecule has 0 saturated carbocycles. The molecule has 18 heavy (non-hydrogen) atoms. The minimum absolute atomic E-state index is 0. The van der Waals surface area contributed by atoms with E-state index in [0.29, 0.717) is 0 Å². The zero-order valence-corrected chi connectivity index (χ0v) is 13.2. The molecule has 0 amide bonds. The summed E-state index contributed by atoms with van der Waals surface area (Å²) in [6.45, 7) is 24.6. The van der Waals surface area contributed by atoms with E-state index in [0.717, 1.165) is 0 Å². The van der Waals surface area contributed by atoms with E-state index in [4.69, 9.17) is 14.0 Å². The molecule has 98 valence electrons. The standard InChI is InChI=1S/C11H17.3CO.Tc/c1-6-11-9(4)7(2)8(3)10(11)5;3*1-2;/h6H2,1-5H3;;;;. The number of hydrogen-bond donors (Lipinski definition) is 0. The van der Waals surface area contributed by atoms with Crippen molar-refractivity contribution in [2.75, 3.05) is 0 Å². The van der Waals surface area contributed by atoms with E-state index in [1.54, 1.807) is 5.57 Å². The van der Waals surface area contributed by atoms with Gasteiger partial charge in [-0.15, -0.1) is 0 Å². The number of allylic oxidation sites excluding steroid dienone is 4. The Bertz CT molecular complexity index is 332. The van der Waals surface area contributed by atoms with Crippen molar-refractivity contribution >= 4 is 0 Å². The van der Waals surface area contributed by atoms with Crippen LogP contribution in [0.2, 0.25) is 0 Å². The Balaban J connectivity index is -0.000000123. The van der Waals surface area contributed by atoms with Crippen molar-refractivity contribution < 1.29 is 34.1 Å². The third-order valence-electron chi connectivity index (χ3n) is 2.95. The number of hydrogen-bond acceptors (Lipinski definition) is 0. The van der Waals surface area contributed by atoms with Crippen molar-refractivity contribution in [1.82, 2.24) is 0 Å². The second-order valence-corrected chi connectivity index (χ2v) is 3.33. The van der Waals surface area contributed by atoms with Crippen LogP contribution in [-0.2, 0) is 34.1 Å². The SMILES string of the molecule is CCC1=C(C)C(C)=C(C)[C]1C.[C-]#[O+].[C-]#[O+].[C-]#[O+].[Tc]. The Labute approximate surface area is 123 Å². The molecule has 0 heterocycles. The van der Waals surface area contributed by atoms with Gasteiger partial charge >= 0.3 is 33.9 Å². The topological polar surface area (TPSA) is 59.7 Å². The summed E-state index contributed by atoms with van der Waals surface area (Å²) in [6.07, 6.45) is 1.17. The van der Waals surface area contributed by atoms with Crippen LogP contribution in [0.25, 0.3) is 0 Å². The summed E-state index contributed by atoms with van der Waals surface area (Å²) in [6, 6.07) is 0. The van der Waals surface area contributed by atoms with Gasteiger partial charge in [0.25, 0.3) is 0 Å². The molecule has 0 unspecified atom stereocenters. The van der Waals surface area contributed by atoms with E-state index < -0.39 is 0 Å². The van der Waals surface area contributed by atoms with Crippen LogP contribution in [0.1, 0.15) is 41.0 Å². The first-order chi connectivity index (χ1) is 8.09. The molecule has 0 aliphatic heterocycles. The molecule has 0 aromatic rings. The maximum absolute atomic E-state index is 7.50. The van der Waals surface area contributed by atoms with Crippen LogP contribution in [0.4, 0.5) is 0 Å². The smallest absolute Gasteiger partial charge is 0 e. The van der Waals surface area contributed by atoms with E-state index in [-0.39, 0.29) is 20.1 Å². The van der Waals surface area contributed by atoms with Crippen molar-refractivity contribution in [1.29, 1.82) is 0 Å². The van der Waals surface area contributed by atoms with Crippen LogP contribution >= 0.6 is 0 Å². The second-order valence-electron chi connectivity index (χ2n) is 3.33. The molecule has 2 radical (unpaired) electrons. The van der Waals surface area contributed by atoms with Gasteiger partial charge in [0.1, 0.15) is 0 Å². The normalized spacial score (nSPS) is 12.8. The Morgan fingerprint density at radius 3 is 1.17 bits per heavy atom. The monoisotopic (exact) mass is 330 g/mol. The van der Waals surface area contributed by atoms with E-state index in [1.807, 2.05) is 0 Å². The van der Waals surface area contributed by atoms with Gasteiger partial charge < -0.3 is 0 Å². The van der Waals surface area contributed by atoms with Gasteiger partial charge in [-0.25, -0.2) is 0 Å². The summed E-state index contributed by atoms with van der Waals surface area (Å²) in [7, 11) is 0. The largest absolute Gasteiger partial charge is 0 e. The zero-order chi connectivity index (χ0) is 14.6. The molecule has 0 N–H and O–H groups in total. The predicted molar refractivity (Wildman–Crippen MR) is 62.1 cm³/mol. The van der Waals surface area contributed by atoms with Crippen LogP contribution in [0.15, 0.2) is 22.3 Å². The summed E-state index contributed by atoms with van der Waals surface area (Å²) in [5.74, 6) is 1.50. The summed E-state index contributed by atoms with van der Waals surface area (Å²) >= 11 is 0. The van der Waals surface area contributed by atoms with E-state index in [2.05, 4.69) is 54.6 Å². The fourth-order valence-electron chi connectivity index (χ4n) is 1.83. The molecular formula is C14H17O3Tc. The van der Waals surface area contributed by atoms with E-state index >= 15 is 0 Å². The van der Waals surface area contributed by atoms with Gasteiger partial charge in [-0.1, -0.05) is 25.0 Å². The third kappa shape index (κ3) is 6.93. The van der Waals surface area contributed by atoms with Crippen LogP contribution in [0.3, 0.4) is 0 Å². The van der Waals surface area contributed by atoms with Crippen molar-refractivity contribution in [3.05, 3.63) is 48.2 Å². The van der Waals surface area contributed by atoms with Crippen molar-refractivity contribution in [2.45, 2.75) is 41.0 Å². The average Bonchev–Trinajstić information content (AvgIpc) is 2.61. The fraction of sp³-hybridized carbons (Fsp3) is 0.429. The van der Waals surface area contributed by atoms with Crippen LogP contribution in [0.5, 0.6) is 0 Å². The van der Waals surface area contributed by atoms with Crippen LogP contribution in [-0.4, -0.2) is 0 Å². The molecule has 1 aliphatic carbocycles. The molecule has 0 aromatic carbocycles. The summed E-state index contributed by atoms with van der Waals surface area (Å²) in [5, 5.41) is 0. The van der Waals surface area contributed by atoms with Crippen molar-refractivity contribution in [3.8, 4) is 0 Å². The van der Waals surface area contributed by atoms with E-state index in [9.17, 15) is 0 Å². The molecule has 0 spiro atoms. The van der Waals surface area contributed by atoms with Crippen molar-refractivity contribution in [2.24, 2.45) is 0 Å². The summed E-state index contributed by atoms with van der Waals surface area (Å²) < 4.78 is 22.5. The Morgan fingerprint density at radius 1 is 0.722 bits per heavy atom. The molecule has 0 aromatic heterocycles. The quantitative estimate of drug-likeness (QED) is 0.521. The van der Waals surface area contributed by atoms with Gasteiger partial charge in [-0.2, -0.15) is 0 Å².